The Bertz CT molecular complexity index is 780. The SMILES string of the molecule is COc1ccc(C(=O)NC(=N)NCc2cc(OC)c(OC)c(OC)c2)cc1. The Hall–Kier alpha value is -3.42. The summed E-state index contributed by atoms with van der Waals surface area (Å²) in [4.78, 5) is 12.2. The van der Waals surface area contributed by atoms with Crippen LogP contribution in [0, 0.1) is 5.41 Å². The third-order valence-electron chi connectivity index (χ3n) is 3.78. The summed E-state index contributed by atoms with van der Waals surface area (Å²) < 4.78 is 20.9. The maximum absolute atomic E-state index is 12.2. The molecule has 8 nitrogen and oxygen atoms in total. The zero-order chi connectivity index (χ0) is 19.8. The molecule has 0 spiro atoms. The molecule has 27 heavy (non-hydrogen) atoms. The van der Waals surface area contributed by atoms with Gasteiger partial charge in [-0.15, -0.1) is 0 Å². The molecule has 0 aliphatic carbocycles. The van der Waals surface area contributed by atoms with Crippen molar-refractivity contribution in [2.45, 2.75) is 6.54 Å². The van der Waals surface area contributed by atoms with Gasteiger partial charge in [0.1, 0.15) is 5.75 Å². The first-order chi connectivity index (χ1) is 13.0. The van der Waals surface area contributed by atoms with Gasteiger partial charge in [0.2, 0.25) is 5.75 Å². The minimum atomic E-state index is -0.389. The number of methoxy groups -OCH3 is 4. The molecule has 0 unspecified atom stereocenters. The van der Waals surface area contributed by atoms with E-state index < -0.39 is 0 Å². The first-order valence-corrected chi connectivity index (χ1v) is 8.09. The molecule has 2 aromatic rings. The minimum absolute atomic E-state index is 0.121. The number of amides is 1. The predicted octanol–water partition coefficient (Wildman–Crippen LogP) is 2.18. The summed E-state index contributed by atoms with van der Waals surface area (Å²) in [7, 11) is 6.15. The molecule has 144 valence electrons. The third kappa shape index (κ3) is 5.04. The molecule has 8 heteroatoms. The smallest absolute Gasteiger partial charge is 0.257 e. The molecule has 0 heterocycles. The van der Waals surface area contributed by atoms with Gasteiger partial charge >= 0.3 is 0 Å². The van der Waals surface area contributed by atoms with Crippen molar-refractivity contribution in [3.8, 4) is 23.0 Å². The molecule has 2 rings (SSSR count). The summed E-state index contributed by atoms with van der Waals surface area (Å²) in [5.74, 6) is 1.67. The van der Waals surface area contributed by atoms with E-state index in [-0.39, 0.29) is 11.9 Å². The van der Waals surface area contributed by atoms with Gasteiger partial charge in [-0.1, -0.05) is 0 Å². The lowest BCUT2D eigenvalue weighted by Crippen LogP contribution is -2.39. The lowest BCUT2D eigenvalue weighted by molar-refractivity contribution is 0.0975. The zero-order valence-corrected chi connectivity index (χ0v) is 15.7. The van der Waals surface area contributed by atoms with Crippen LogP contribution < -0.4 is 29.6 Å². The highest BCUT2D eigenvalue weighted by Crippen LogP contribution is 2.38. The van der Waals surface area contributed by atoms with Crippen LogP contribution >= 0.6 is 0 Å². The van der Waals surface area contributed by atoms with Crippen molar-refractivity contribution in [1.82, 2.24) is 10.6 Å². The molecular weight excluding hydrogens is 350 g/mol. The molecule has 3 N–H and O–H groups in total. The van der Waals surface area contributed by atoms with Gasteiger partial charge in [-0.2, -0.15) is 0 Å². The monoisotopic (exact) mass is 373 g/mol. The summed E-state index contributed by atoms with van der Waals surface area (Å²) in [6, 6.07) is 10.2. The Kier molecular flexibility index (Phi) is 6.87. The first-order valence-electron chi connectivity index (χ1n) is 8.09. The topological polar surface area (TPSA) is 102 Å². The maximum Gasteiger partial charge on any atom is 0.257 e. The normalized spacial score (nSPS) is 9.93. The van der Waals surface area contributed by atoms with Crippen molar-refractivity contribution >= 4 is 11.9 Å². The van der Waals surface area contributed by atoms with Gasteiger partial charge in [0, 0.05) is 12.1 Å². The summed E-state index contributed by atoms with van der Waals surface area (Å²) >= 11 is 0. The Balaban J connectivity index is 1.99. The Morgan fingerprint density at radius 2 is 1.52 bits per heavy atom. The molecule has 0 aliphatic heterocycles. The fraction of sp³-hybridized carbons (Fsp3) is 0.263. The molecule has 0 aliphatic rings. The van der Waals surface area contributed by atoms with E-state index in [9.17, 15) is 4.79 Å². The zero-order valence-electron chi connectivity index (χ0n) is 15.7. The van der Waals surface area contributed by atoms with Gasteiger partial charge in [-0.3, -0.25) is 15.5 Å². The molecule has 0 fully saturated rings. The molecule has 0 atom stereocenters. The van der Waals surface area contributed by atoms with E-state index in [2.05, 4.69) is 10.6 Å². The standard InChI is InChI=1S/C19H23N3O5/c1-24-14-7-5-13(6-8-14)18(23)22-19(20)21-11-12-9-15(25-2)17(27-4)16(10-12)26-3/h5-10H,11H2,1-4H3,(H3,20,21,22,23). The quantitative estimate of drug-likeness (QED) is 0.508. The molecule has 0 aromatic heterocycles. The maximum atomic E-state index is 12.2. The van der Waals surface area contributed by atoms with E-state index in [4.69, 9.17) is 24.4 Å². The van der Waals surface area contributed by atoms with Crippen LogP contribution in [0.1, 0.15) is 15.9 Å². The van der Waals surface area contributed by atoms with Crippen molar-refractivity contribution in [3.63, 3.8) is 0 Å². The number of rotatable bonds is 7. The van der Waals surface area contributed by atoms with Gasteiger partial charge < -0.3 is 24.3 Å². The predicted molar refractivity (Wildman–Crippen MR) is 101 cm³/mol. The van der Waals surface area contributed by atoms with E-state index in [1.165, 1.54) is 21.3 Å². The number of nitrogens with one attached hydrogen (secondary N) is 3. The van der Waals surface area contributed by atoms with Crippen LogP contribution in [0.3, 0.4) is 0 Å². The Morgan fingerprint density at radius 1 is 0.926 bits per heavy atom. The molecule has 0 bridgehead atoms. The number of hydrogen-bond acceptors (Lipinski definition) is 6. The Morgan fingerprint density at radius 3 is 2.00 bits per heavy atom. The van der Waals surface area contributed by atoms with Gasteiger partial charge in [0.05, 0.1) is 28.4 Å². The summed E-state index contributed by atoms with van der Waals surface area (Å²) in [5.41, 5.74) is 1.23. The number of benzene rings is 2. The molecule has 1 amide bonds. The van der Waals surface area contributed by atoms with Gasteiger partial charge in [0.15, 0.2) is 17.5 Å². The molecule has 0 saturated carbocycles. The number of carbonyl (C=O) groups excluding carboxylic acids is 1. The van der Waals surface area contributed by atoms with Crippen molar-refractivity contribution in [3.05, 3.63) is 47.5 Å². The van der Waals surface area contributed by atoms with Crippen LogP contribution in [0.5, 0.6) is 23.0 Å². The van der Waals surface area contributed by atoms with Crippen LogP contribution in [0.15, 0.2) is 36.4 Å². The van der Waals surface area contributed by atoms with E-state index in [0.717, 1.165) is 5.56 Å². The van der Waals surface area contributed by atoms with Gasteiger partial charge in [0.25, 0.3) is 5.91 Å². The fourth-order valence-corrected chi connectivity index (χ4v) is 2.40. The summed E-state index contributed by atoms with van der Waals surface area (Å²) in [6.45, 7) is 0.290. The van der Waals surface area contributed by atoms with Crippen LogP contribution in [0.4, 0.5) is 0 Å². The molecule has 0 saturated heterocycles. The van der Waals surface area contributed by atoms with Crippen LogP contribution in [0.25, 0.3) is 0 Å². The second-order valence-corrected chi connectivity index (χ2v) is 5.44. The van der Waals surface area contributed by atoms with Crippen molar-refractivity contribution in [1.29, 1.82) is 5.41 Å². The molecule has 0 radical (unpaired) electrons. The summed E-state index contributed by atoms with van der Waals surface area (Å²) in [6.07, 6.45) is 0. The lowest BCUT2D eigenvalue weighted by Gasteiger charge is -2.15. The van der Waals surface area contributed by atoms with Crippen molar-refractivity contribution in [2.75, 3.05) is 28.4 Å². The second kappa shape index (κ2) is 9.33. The van der Waals surface area contributed by atoms with Crippen LogP contribution in [-0.4, -0.2) is 40.3 Å². The van der Waals surface area contributed by atoms with E-state index in [1.807, 2.05) is 0 Å². The number of hydrogen-bond donors (Lipinski definition) is 3. The highest BCUT2D eigenvalue weighted by Gasteiger charge is 2.14. The van der Waals surface area contributed by atoms with E-state index >= 15 is 0 Å². The van der Waals surface area contributed by atoms with E-state index in [0.29, 0.717) is 35.1 Å². The first kappa shape index (κ1) is 19.9. The van der Waals surface area contributed by atoms with Gasteiger partial charge in [-0.05, 0) is 42.0 Å². The van der Waals surface area contributed by atoms with Crippen LogP contribution in [0.2, 0.25) is 0 Å². The number of carbonyl (C=O) groups is 1. The van der Waals surface area contributed by atoms with Gasteiger partial charge in [-0.25, -0.2) is 0 Å². The second-order valence-electron chi connectivity index (χ2n) is 5.44. The number of guanidine groups is 1. The third-order valence-corrected chi connectivity index (χ3v) is 3.78. The highest BCUT2D eigenvalue weighted by atomic mass is 16.5. The average molecular weight is 373 g/mol. The average Bonchev–Trinajstić information content (AvgIpc) is 2.71. The highest BCUT2D eigenvalue weighted by molar-refractivity contribution is 6.04. The fourth-order valence-electron chi connectivity index (χ4n) is 2.40. The lowest BCUT2D eigenvalue weighted by atomic mass is 10.2. The largest absolute Gasteiger partial charge is 0.497 e. The Labute approximate surface area is 157 Å². The number of ether oxygens (including phenoxy) is 4. The summed E-state index contributed by atoms with van der Waals surface area (Å²) in [5, 5.41) is 13.2. The van der Waals surface area contributed by atoms with Crippen LogP contribution in [-0.2, 0) is 6.54 Å². The van der Waals surface area contributed by atoms with E-state index in [1.54, 1.807) is 43.5 Å². The molecular formula is C19H23N3O5. The van der Waals surface area contributed by atoms with Crippen molar-refractivity contribution < 1.29 is 23.7 Å². The molecule has 2 aromatic carbocycles. The minimum Gasteiger partial charge on any atom is -0.497 e. The van der Waals surface area contributed by atoms with Crippen molar-refractivity contribution in [2.24, 2.45) is 0 Å².